The lowest BCUT2D eigenvalue weighted by Crippen LogP contribution is -2.49. The third kappa shape index (κ3) is 7.49. The lowest BCUT2D eigenvalue weighted by Gasteiger charge is -2.29. The lowest BCUT2D eigenvalue weighted by atomic mass is 9.90. The van der Waals surface area contributed by atoms with Crippen molar-refractivity contribution in [2.24, 2.45) is 5.73 Å². The van der Waals surface area contributed by atoms with Crippen LogP contribution in [0.15, 0.2) is 95.8 Å². The minimum Gasteiger partial charge on any atom is -0.350 e. The zero-order valence-electron chi connectivity index (χ0n) is 24.5. The first-order valence-corrected chi connectivity index (χ1v) is 14.9. The van der Waals surface area contributed by atoms with Crippen molar-refractivity contribution >= 4 is 11.8 Å². The van der Waals surface area contributed by atoms with Crippen LogP contribution in [0.5, 0.6) is 0 Å². The molecular weight excluding hydrogens is 540 g/mol. The number of aromatic nitrogens is 2. The fraction of sp³-hybridized carbons (Fsp3) is 0.324. The van der Waals surface area contributed by atoms with Crippen molar-refractivity contribution in [2.45, 2.75) is 44.2 Å². The van der Waals surface area contributed by atoms with E-state index in [0.29, 0.717) is 50.3 Å². The molecule has 0 aliphatic carbocycles. The SMILES string of the molecule is Cc1cc(=O)n(-c2ccc(C(=O)NC[C@@H]3CCN(CC(c4ccccc4)c4ccccc4)C(=O)[C@H](CCCN)N3)cc2)[nH]1. The highest BCUT2D eigenvalue weighted by Crippen LogP contribution is 2.27. The van der Waals surface area contributed by atoms with Crippen LogP contribution in [-0.2, 0) is 4.79 Å². The predicted octanol–water partition coefficient (Wildman–Crippen LogP) is 3.33. The Morgan fingerprint density at radius 2 is 1.63 bits per heavy atom. The molecule has 224 valence electrons. The number of aromatic amines is 1. The van der Waals surface area contributed by atoms with Gasteiger partial charge >= 0.3 is 0 Å². The third-order valence-electron chi connectivity index (χ3n) is 8.04. The van der Waals surface area contributed by atoms with Gasteiger partial charge in [0.05, 0.1) is 11.7 Å². The summed E-state index contributed by atoms with van der Waals surface area (Å²) in [6.45, 7) is 3.87. The molecule has 0 saturated carbocycles. The number of rotatable bonds is 11. The number of carbonyl (C=O) groups excluding carboxylic acids is 2. The maximum Gasteiger partial charge on any atom is 0.271 e. The van der Waals surface area contributed by atoms with Crippen molar-refractivity contribution in [3.63, 3.8) is 0 Å². The summed E-state index contributed by atoms with van der Waals surface area (Å²) in [5, 5.41) is 9.56. The number of H-pyrrole nitrogens is 1. The van der Waals surface area contributed by atoms with Gasteiger partial charge in [0.1, 0.15) is 0 Å². The molecule has 5 N–H and O–H groups in total. The van der Waals surface area contributed by atoms with Crippen LogP contribution in [0.1, 0.15) is 52.4 Å². The van der Waals surface area contributed by atoms with E-state index < -0.39 is 0 Å². The number of nitrogens with zero attached hydrogens (tertiary/aromatic N) is 2. The van der Waals surface area contributed by atoms with E-state index in [9.17, 15) is 14.4 Å². The average molecular weight is 581 g/mol. The molecule has 9 nitrogen and oxygen atoms in total. The Labute approximate surface area is 252 Å². The summed E-state index contributed by atoms with van der Waals surface area (Å²) in [6, 6.07) is 28.6. The van der Waals surface area contributed by atoms with Crippen LogP contribution >= 0.6 is 0 Å². The Bertz CT molecular complexity index is 1510. The van der Waals surface area contributed by atoms with E-state index in [-0.39, 0.29) is 35.4 Å². The molecule has 2 heterocycles. The topological polar surface area (TPSA) is 125 Å². The first-order chi connectivity index (χ1) is 20.9. The number of amides is 2. The zero-order valence-corrected chi connectivity index (χ0v) is 24.5. The van der Waals surface area contributed by atoms with Gasteiger partial charge in [-0.25, -0.2) is 4.68 Å². The van der Waals surface area contributed by atoms with Crippen LogP contribution in [0.4, 0.5) is 0 Å². The zero-order chi connectivity index (χ0) is 30.2. The molecule has 1 aliphatic rings. The van der Waals surface area contributed by atoms with Gasteiger partial charge < -0.3 is 21.3 Å². The predicted molar refractivity (Wildman–Crippen MR) is 168 cm³/mol. The third-order valence-corrected chi connectivity index (χ3v) is 8.04. The van der Waals surface area contributed by atoms with Gasteiger partial charge in [0.15, 0.2) is 0 Å². The van der Waals surface area contributed by atoms with E-state index in [1.165, 1.54) is 21.9 Å². The highest BCUT2D eigenvalue weighted by molar-refractivity contribution is 5.94. The molecule has 0 unspecified atom stereocenters. The van der Waals surface area contributed by atoms with Gasteiger partial charge in [0.2, 0.25) is 5.91 Å². The van der Waals surface area contributed by atoms with E-state index in [4.69, 9.17) is 5.73 Å². The highest BCUT2D eigenvalue weighted by atomic mass is 16.2. The van der Waals surface area contributed by atoms with Crippen molar-refractivity contribution < 1.29 is 9.59 Å². The average Bonchev–Trinajstić information content (AvgIpc) is 3.31. The molecule has 1 aromatic heterocycles. The second-order valence-electron chi connectivity index (χ2n) is 11.2. The van der Waals surface area contributed by atoms with Gasteiger partial charge in [-0.1, -0.05) is 60.7 Å². The Balaban J connectivity index is 1.27. The number of hydrogen-bond donors (Lipinski definition) is 4. The van der Waals surface area contributed by atoms with Gasteiger partial charge in [0, 0.05) is 48.9 Å². The summed E-state index contributed by atoms with van der Waals surface area (Å²) in [6.07, 6.45) is 2.07. The second kappa shape index (κ2) is 14.1. The van der Waals surface area contributed by atoms with E-state index >= 15 is 0 Å². The van der Waals surface area contributed by atoms with Crippen molar-refractivity contribution in [1.29, 1.82) is 0 Å². The molecule has 4 aromatic rings. The Kier molecular flexibility index (Phi) is 9.86. The smallest absolute Gasteiger partial charge is 0.271 e. The van der Waals surface area contributed by atoms with Gasteiger partial charge in [-0.2, -0.15) is 0 Å². The van der Waals surface area contributed by atoms with Crippen molar-refractivity contribution in [2.75, 3.05) is 26.2 Å². The van der Waals surface area contributed by atoms with Crippen LogP contribution in [0, 0.1) is 6.92 Å². The number of benzene rings is 3. The van der Waals surface area contributed by atoms with E-state index in [1.54, 1.807) is 24.3 Å². The summed E-state index contributed by atoms with van der Waals surface area (Å²) in [5.74, 6) is -0.0847. The van der Waals surface area contributed by atoms with Crippen LogP contribution in [-0.4, -0.2) is 64.8 Å². The van der Waals surface area contributed by atoms with E-state index in [2.05, 4.69) is 40.0 Å². The van der Waals surface area contributed by atoms with Crippen LogP contribution in [0.25, 0.3) is 5.69 Å². The molecule has 3 aromatic carbocycles. The van der Waals surface area contributed by atoms with E-state index in [0.717, 1.165) is 12.1 Å². The van der Waals surface area contributed by atoms with Gasteiger partial charge in [-0.15, -0.1) is 0 Å². The number of carbonyl (C=O) groups is 2. The monoisotopic (exact) mass is 580 g/mol. The van der Waals surface area contributed by atoms with Gasteiger partial charge in [-0.3, -0.25) is 19.5 Å². The van der Waals surface area contributed by atoms with Crippen molar-refractivity contribution in [3.05, 3.63) is 124 Å². The lowest BCUT2D eigenvalue weighted by molar-refractivity contribution is -0.133. The Hall–Kier alpha value is -4.47. The molecular formula is C34H40N6O3. The first kappa shape index (κ1) is 30.0. The number of hydrogen-bond acceptors (Lipinski definition) is 5. The summed E-state index contributed by atoms with van der Waals surface area (Å²) in [4.78, 5) is 41.0. The van der Waals surface area contributed by atoms with Gasteiger partial charge in [0.25, 0.3) is 11.5 Å². The quantitative estimate of drug-likeness (QED) is 0.217. The standard InChI is InChI=1S/C34H40N6O3/c1-24-21-32(41)40(38-24)29-16-14-27(15-17-29)33(42)36-22-28-18-20-39(34(43)31(37-28)13-8-19-35)23-30(25-9-4-2-5-10-25)26-11-6-3-7-12-26/h2-7,9-12,14-17,21,28,30-31,37-38H,8,13,18-20,22-23,35H2,1H3,(H,36,42)/t28-,31-/m0/s1. The number of nitrogens with one attached hydrogen (secondary N) is 3. The minimum atomic E-state index is -0.373. The molecule has 0 spiro atoms. The second-order valence-corrected chi connectivity index (χ2v) is 11.2. The highest BCUT2D eigenvalue weighted by Gasteiger charge is 2.32. The normalized spacial score (nSPS) is 17.2. The fourth-order valence-electron chi connectivity index (χ4n) is 5.73. The largest absolute Gasteiger partial charge is 0.350 e. The molecule has 5 rings (SSSR count). The molecule has 0 radical (unpaired) electrons. The maximum absolute atomic E-state index is 13.8. The number of aryl methyl sites for hydroxylation is 1. The number of nitrogens with two attached hydrogens (primary N) is 1. The van der Waals surface area contributed by atoms with Crippen LogP contribution in [0.2, 0.25) is 0 Å². The molecule has 2 amide bonds. The molecule has 0 bridgehead atoms. The maximum atomic E-state index is 13.8. The Morgan fingerprint density at radius 3 is 2.21 bits per heavy atom. The molecule has 43 heavy (non-hydrogen) atoms. The summed E-state index contributed by atoms with van der Waals surface area (Å²) < 4.78 is 1.44. The summed E-state index contributed by atoms with van der Waals surface area (Å²) >= 11 is 0. The van der Waals surface area contributed by atoms with Gasteiger partial charge in [-0.05, 0) is 68.1 Å². The fourth-order valence-corrected chi connectivity index (χ4v) is 5.73. The molecule has 1 fully saturated rings. The van der Waals surface area contributed by atoms with Crippen LogP contribution in [0.3, 0.4) is 0 Å². The van der Waals surface area contributed by atoms with Crippen molar-refractivity contribution in [1.82, 2.24) is 25.3 Å². The van der Waals surface area contributed by atoms with Crippen LogP contribution < -0.4 is 21.9 Å². The molecule has 2 atom stereocenters. The molecule has 1 saturated heterocycles. The first-order valence-electron chi connectivity index (χ1n) is 14.9. The van der Waals surface area contributed by atoms with E-state index in [1.807, 2.05) is 48.2 Å². The summed E-state index contributed by atoms with van der Waals surface area (Å²) in [7, 11) is 0. The summed E-state index contributed by atoms with van der Waals surface area (Å²) in [5.41, 5.74) is 9.93. The molecule has 1 aliphatic heterocycles. The Morgan fingerprint density at radius 1 is 0.977 bits per heavy atom. The molecule has 9 heteroatoms. The minimum absolute atomic E-state index is 0.0477. The van der Waals surface area contributed by atoms with Crippen molar-refractivity contribution in [3.8, 4) is 5.69 Å².